The lowest BCUT2D eigenvalue weighted by Gasteiger charge is -2.04. The summed E-state index contributed by atoms with van der Waals surface area (Å²) < 4.78 is 5.09. The Bertz CT molecular complexity index is 767. The van der Waals surface area contributed by atoms with Crippen molar-refractivity contribution in [3.63, 3.8) is 0 Å². The van der Waals surface area contributed by atoms with Crippen molar-refractivity contribution in [2.45, 2.75) is 0 Å². The Kier molecular flexibility index (Phi) is 4.16. The number of methoxy groups -OCH3 is 1. The van der Waals surface area contributed by atoms with Crippen LogP contribution in [0.3, 0.4) is 0 Å². The maximum Gasteiger partial charge on any atom is 0.275 e. The van der Waals surface area contributed by atoms with E-state index in [4.69, 9.17) is 4.74 Å². The van der Waals surface area contributed by atoms with E-state index in [9.17, 15) is 4.79 Å². The highest BCUT2D eigenvalue weighted by atomic mass is 32.1. The van der Waals surface area contributed by atoms with Gasteiger partial charge in [0, 0.05) is 16.6 Å². The minimum atomic E-state index is -0.219. The topological polar surface area (TPSA) is 51.2 Å². The smallest absolute Gasteiger partial charge is 0.275 e. The van der Waals surface area contributed by atoms with Crippen molar-refractivity contribution in [3.05, 3.63) is 65.7 Å². The van der Waals surface area contributed by atoms with Crippen molar-refractivity contribution in [3.8, 4) is 16.3 Å². The number of anilines is 1. The van der Waals surface area contributed by atoms with Crippen LogP contribution in [-0.4, -0.2) is 18.0 Å². The molecule has 1 heterocycles. The molecule has 0 aliphatic heterocycles. The van der Waals surface area contributed by atoms with E-state index in [1.165, 1.54) is 11.3 Å². The van der Waals surface area contributed by atoms with E-state index in [1.54, 1.807) is 36.8 Å². The molecule has 3 rings (SSSR count). The predicted molar refractivity (Wildman–Crippen MR) is 88.5 cm³/mol. The number of hydrogen-bond donors (Lipinski definition) is 1. The number of ether oxygens (including phenoxy) is 1. The molecule has 4 nitrogen and oxygen atoms in total. The summed E-state index contributed by atoms with van der Waals surface area (Å²) in [5.41, 5.74) is 2.13. The number of thiazole rings is 1. The number of rotatable bonds is 4. The van der Waals surface area contributed by atoms with Crippen molar-refractivity contribution in [1.29, 1.82) is 0 Å². The van der Waals surface area contributed by atoms with Crippen LogP contribution >= 0.6 is 11.3 Å². The highest BCUT2D eigenvalue weighted by Gasteiger charge is 2.12. The molecule has 0 saturated heterocycles. The molecule has 110 valence electrons. The summed E-state index contributed by atoms with van der Waals surface area (Å²) in [6.07, 6.45) is 0. The Labute approximate surface area is 132 Å². The van der Waals surface area contributed by atoms with E-state index < -0.39 is 0 Å². The Morgan fingerprint density at radius 3 is 2.50 bits per heavy atom. The molecule has 3 aromatic rings. The quantitative estimate of drug-likeness (QED) is 0.790. The molecule has 2 aromatic carbocycles. The number of amides is 1. The lowest BCUT2D eigenvalue weighted by atomic mass is 10.2. The van der Waals surface area contributed by atoms with E-state index in [0.717, 1.165) is 16.3 Å². The summed E-state index contributed by atoms with van der Waals surface area (Å²) in [6, 6.07) is 17.0. The summed E-state index contributed by atoms with van der Waals surface area (Å²) in [4.78, 5) is 16.6. The standard InChI is InChI=1S/C17H14N2O2S/c1-21-14-9-7-13(8-10-14)18-16(20)15-11-22-17(19-15)12-5-3-2-4-6-12/h2-11H,1H3,(H,18,20). The molecule has 0 unspecified atom stereocenters. The first-order valence-corrected chi connectivity index (χ1v) is 7.60. The Balaban J connectivity index is 1.74. The highest BCUT2D eigenvalue weighted by molar-refractivity contribution is 7.13. The van der Waals surface area contributed by atoms with Gasteiger partial charge in [-0.05, 0) is 24.3 Å². The van der Waals surface area contributed by atoms with Crippen LogP contribution in [0.2, 0.25) is 0 Å². The van der Waals surface area contributed by atoms with E-state index in [1.807, 2.05) is 30.3 Å². The van der Waals surface area contributed by atoms with Crippen LogP contribution in [0.5, 0.6) is 5.75 Å². The fourth-order valence-corrected chi connectivity index (χ4v) is 2.77. The highest BCUT2D eigenvalue weighted by Crippen LogP contribution is 2.24. The fourth-order valence-electron chi connectivity index (χ4n) is 1.96. The van der Waals surface area contributed by atoms with Gasteiger partial charge in [0.1, 0.15) is 16.5 Å². The number of nitrogens with zero attached hydrogens (tertiary/aromatic N) is 1. The maximum atomic E-state index is 12.2. The summed E-state index contributed by atoms with van der Waals surface area (Å²) in [5, 5.41) is 5.42. The second-order valence-electron chi connectivity index (χ2n) is 4.59. The van der Waals surface area contributed by atoms with Gasteiger partial charge >= 0.3 is 0 Å². The first-order chi connectivity index (χ1) is 10.8. The monoisotopic (exact) mass is 310 g/mol. The van der Waals surface area contributed by atoms with E-state index >= 15 is 0 Å². The van der Waals surface area contributed by atoms with Gasteiger partial charge in [-0.1, -0.05) is 30.3 Å². The summed E-state index contributed by atoms with van der Waals surface area (Å²) in [5.74, 6) is 0.529. The van der Waals surface area contributed by atoms with Crippen LogP contribution in [0.15, 0.2) is 60.0 Å². The predicted octanol–water partition coefficient (Wildman–Crippen LogP) is 4.07. The minimum Gasteiger partial charge on any atom is -0.497 e. The van der Waals surface area contributed by atoms with Gasteiger partial charge in [-0.3, -0.25) is 4.79 Å². The molecule has 0 radical (unpaired) electrons. The van der Waals surface area contributed by atoms with Crippen LogP contribution in [0.4, 0.5) is 5.69 Å². The van der Waals surface area contributed by atoms with E-state index in [2.05, 4.69) is 10.3 Å². The van der Waals surface area contributed by atoms with Crippen LogP contribution < -0.4 is 10.1 Å². The van der Waals surface area contributed by atoms with Crippen molar-refractivity contribution in [2.75, 3.05) is 12.4 Å². The fraction of sp³-hybridized carbons (Fsp3) is 0.0588. The summed E-state index contributed by atoms with van der Waals surface area (Å²) in [6.45, 7) is 0. The number of carbonyl (C=O) groups excluding carboxylic acids is 1. The van der Waals surface area contributed by atoms with Crippen molar-refractivity contribution in [1.82, 2.24) is 4.98 Å². The van der Waals surface area contributed by atoms with E-state index in [0.29, 0.717) is 11.4 Å². The molecule has 1 aromatic heterocycles. The molecule has 1 amide bonds. The Morgan fingerprint density at radius 1 is 1.09 bits per heavy atom. The molecular weight excluding hydrogens is 296 g/mol. The van der Waals surface area contributed by atoms with Crippen LogP contribution in [0.25, 0.3) is 10.6 Å². The molecule has 0 aliphatic rings. The molecular formula is C17H14N2O2S. The minimum absolute atomic E-state index is 0.219. The molecule has 0 spiro atoms. The zero-order valence-corrected chi connectivity index (χ0v) is 12.8. The first-order valence-electron chi connectivity index (χ1n) is 6.72. The SMILES string of the molecule is COc1ccc(NC(=O)c2csc(-c3ccccc3)n2)cc1. The lowest BCUT2D eigenvalue weighted by molar-refractivity contribution is 0.102. The van der Waals surface area contributed by atoms with Gasteiger partial charge in [0.25, 0.3) is 5.91 Å². The maximum absolute atomic E-state index is 12.2. The van der Waals surface area contributed by atoms with Gasteiger partial charge in [0.2, 0.25) is 0 Å². The average Bonchev–Trinajstić information content (AvgIpc) is 3.06. The summed E-state index contributed by atoms with van der Waals surface area (Å²) in [7, 11) is 1.61. The third-order valence-electron chi connectivity index (χ3n) is 3.11. The number of hydrogen-bond acceptors (Lipinski definition) is 4. The molecule has 0 fully saturated rings. The van der Waals surface area contributed by atoms with Gasteiger partial charge < -0.3 is 10.1 Å². The Morgan fingerprint density at radius 2 is 1.82 bits per heavy atom. The van der Waals surface area contributed by atoms with Gasteiger partial charge in [-0.15, -0.1) is 11.3 Å². The molecule has 0 saturated carbocycles. The first kappa shape index (κ1) is 14.3. The van der Waals surface area contributed by atoms with Gasteiger partial charge in [0.05, 0.1) is 7.11 Å². The van der Waals surface area contributed by atoms with Crippen LogP contribution in [-0.2, 0) is 0 Å². The Hall–Kier alpha value is -2.66. The van der Waals surface area contributed by atoms with E-state index in [-0.39, 0.29) is 5.91 Å². The molecule has 22 heavy (non-hydrogen) atoms. The van der Waals surface area contributed by atoms with Crippen molar-refractivity contribution in [2.24, 2.45) is 0 Å². The van der Waals surface area contributed by atoms with Crippen LogP contribution in [0, 0.1) is 0 Å². The molecule has 0 atom stereocenters. The zero-order chi connectivity index (χ0) is 15.4. The van der Waals surface area contributed by atoms with Crippen LogP contribution in [0.1, 0.15) is 10.5 Å². The normalized spacial score (nSPS) is 10.2. The third-order valence-corrected chi connectivity index (χ3v) is 4.00. The molecule has 0 bridgehead atoms. The number of carbonyl (C=O) groups is 1. The van der Waals surface area contributed by atoms with Gasteiger partial charge in [0.15, 0.2) is 0 Å². The molecule has 1 N–H and O–H groups in total. The number of benzene rings is 2. The largest absolute Gasteiger partial charge is 0.497 e. The van der Waals surface area contributed by atoms with Crippen molar-refractivity contribution >= 4 is 22.9 Å². The number of nitrogens with one attached hydrogen (secondary N) is 1. The second kappa shape index (κ2) is 6.41. The number of aromatic nitrogens is 1. The van der Waals surface area contributed by atoms with Crippen molar-refractivity contribution < 1.29 is 9.53 Å². The molecule has 5 heteroatoms. The zero-order valence-electron chi connectivity index (χ0n) is 11.9. The lowest BCUT2D eigenvalue weighted by Crippen LogP contribution is -2.12. The molecule has 0 aliphatic carbocycles. The third kappa shape index (κ3) is 3.15. The average molecular weight is 310 g/mol. The van der Waals surface area contributed by atoms with Gasteiger partial charge in [-0.25, -0.2) is 4.98 Å². The summed E-state index contributed by atoms with van der Waals surface area (Å²) >= 11 is 1.46. The van der Waals surface area contributed by atoms with Gasteiger partial charge in [-0.2, -0.15) is 0 Å². The second-order valence-corrected chi connectivity index (χ2v) is 5.44.